The van der Waals surface area contributed by atoms with E-state index in [-0.39, 0.29) is 11.1 Å². The first-order chi connectivity index (χ1) is 15.5. The Bertz CT molecular complexity index is 1670. The Morgan fingerprint density at radius 2 is 1.84 bits per heavy atom. The first-order valence-electron chi connectivity index (χ1n) is 10.6. The molecule has 0 spiro atoms. The maximum atomic E-state index is 13.3. The van der Waals surface area contributed by atoms with Crippen LogP contribution in [0.5, 0.6) is 0 Å². The van der Waals surface area contributed by atoms with Gasteiger partial charge in [-0.1, -0.05) is 0 Å². The Balaban J connectivity index is 1.69. The van der Waals surface area contributed by atoms with Gasteiger partial charge in [0.1, 0.15) is 11.7 Å². The van der Waals surface area contributed by atoms with Crippen molar-refractivity contribution in [2.45, 2.75) is 13.8 Å². The average molecular weight is 424 g/mol. The Labute approximate surface area is 183 Å². The molecule has 158 valence electrons. The summed E-state index contributed by atoms with van der Waals surface area (Å²) < 4.78 is 13.2. The lowest BCUT2D eigenvalue weighted by Gasteiger charge is -2.28. The largest absolute Gasteiger partial charge is 0.454 e. The van der Waals surface area contributed by atoms with E-state index in [9.17, 15) is 10.1 Å². The topological polar surface area (TPSA) is 83.8 Å². The SMILES string of the molecule is Cc1cc2nc3c4cc5ccc(N6CCOCC6)cc5oc4c(C#N)c(=O)n3c2cc1C. The second-order valence-corrected chi connectivity index (χ2v) is 8.30. The van der Waals surface area contributed by atoms with Crippen molar-refractivity contribution in [1.82, 2.24) is 9.38 Å². The molecule has 0 amide bonds. The normalized spacial score (nSPS) is 14.6. The summed E-state index contributed by atoms with van der Waals surface area (Å²) in [6.45, 7) is 7.02. The van der Waals surface area contributed by atoms with E-state index >= 15 is 0 Å². The molecule has 1 fully saturated rings. The lowest BCUT2D eigenvalue weighted by molar-refractivity contribution is 0.122. The molecular weight excluding hydrogens is 404 g/mol. The first kappa shape index (κ1) is 18.8. The van der Waals surface area contributed by atoms with Crippen molar-refractivity contribution in [2.24, 2.45) is 0 Å². The van der Waals surface area contributed by atoms with E-state index < -0.39 is 5.56 Å². The number of aryl methyl sites for hydroxylation is 2. The number of hydrogen-bond donors (Lipinski definition) is 0. The number of benzene rings is 2. The third-order valence-corrected chi connectivity index (χ3v) is 6.40. The number of anilines is 1. The van der Waals surface area contributed by atoms with E-state index in [0.717, 1.165) is 40.8 Å². The van der Waals surface area contributed by atoms with Crippen molar-refractivity contribution in [3.05, 3.63) is 63.4 Å². The van der Waals surface area contributed by atoms with Crippen LogP contribution in [0.4, 0.5) is 5.69 Å². The van der Waals surface area contributed by atoms with Crippen molar-refractivity contribution in [3.63, 3.8) is 0 Å². The highest BCUT2D eigenvalue weighted by Gasteiger charge is 2.20. The molecule has 1 saturated heterocycles. The summed E-state index contributed by atoms with van der Waals surface area (Å²) in [4.78, 5) is 20.3. The predicted octanol–water partition coefficient (Wildman–Crippen LogP) is 4.07. The number of pyridine rings is 1. The quantitative estimate of drug-likeness (QED) is 0.377. The smallest absolute Gasteiger partial charge is 0.278 e. The van der Waals surface area contributed by atoms with Crippen molar-refractivity contribution in [1.29, 1.82) is 5.26 Å². The molecule has 3 aromatic heterocycles. The van der Waals surface area contributed by atoms with Crippen LogP contribution in [0.3, 0.4) is 0 Å². The minimum Gasteiger partial charge on any atom is -0.454 e. The fraction of sp³-hybridized carbons (Fsp3) is 0.240. The van der Waals surface area contributed by atoms with E-state index in [0.29, 0.717) is 35.3 Å². The van der Waals surface area contributed by atoms with E-state index in [4.69, 9.17) is 14.1 Å². The number of aromatic nitrogens is 2. The van der Waals surface area contributed by atoms with E-state index in [1.54, 1.807) is 0 Å². The van der Waals surface area contributed by atoms with Crippen molar-refractivity contribution in [2.75, 3.05) is 31.2 Å². The van der Waals surface area contributed by atoms with Gasteiger partial charge in [-0.2, -0.15) is 5.26 Å². The molecule has 0 bridgehead atoms. The zero-order chi connectivity index (χ0) is 22.0. The average Bonchev–Trinajstić information content (AvgIpc) is 3.17. The lowest BCUT2D eigenvalue weighted by Crippen LogP contribution is -2.36. The molecule has 7 heteroatoms. The van der Waals surface area contributed by atoms with Gasteiger partial charge in [0.05, 0.1) is 29.6 Å². The highest BCUT2D eigenvalue weighted by Crippen LogP contribution is 2.31. The maximum absolute atomic E-state index is 13.3. The molecule has 5 aromatic rings. The second kappa shape index (κ2) is 6.81. The third-order valence-electron chi connectivity index (χ3n) is 6.40. The standard InChI is InChI=1S/C25H20N4O3/c1-14-9-20-21(10-15(14)2)29-24(27-20)18-11-16-3-4-17(28-5-7-31-8-6-28)12-22(16)32-23(18)19(13-26)25(29)30/h3-4,9-12H,5-8H2,1-2H3. The summed E-state index contributed by atoms with van der Waals surface area (Å²) in [7, 11) is 0. The summed E-state index contributed by atoms with van der Waals surface area (Å²) in [6.07, 6.45) is 0. The zero-order valence-electron chi connectivity index (χ0n) is 17.8. The van der Waals surface area contributed by atoms with E-state index in [1.165, 1.54) is 4.40 Å². The summed E-state index contributed by atoms with van der Waals surface area (Å²) in [5.41, 5.74) is 5.62. The van der Waals surface area contributed by atoms with Gasteiger partial charge in [-0.15, -0.1) is 0 Å². The molecule has 2 aromatic carbocycles. The molecule has 1 aliphatic rings. The number of rotatable bonds is 1. The van der Waals surface area contributed by atoms with Crippen LogP contribution in [0.25, 0.3) is 38.6 Å². The Morgan fingerprint density at radius 3 is 2.62 bits per heavy atom. The Kier molecular flexibility index (Phi) is 4.01. The van der Waals surface area contributed by atoms with Crippen LogP contribution in [-0.2, 0) is 4.74 Å². The minimum absolute atomic E-state index is 0.0105. The number of nitriles is 1. The Hall–Kier alpha value is -3.89. The fourth-order valence-corrected chi connectivity index (χ4v) is 4.51. The van der Waals surface area contributed by atoms with Crippen molar-refractivity contribution < 1.29 is 9.15 Å². The Morgan fingerprint density at radius 1 is 1.06 bits per heavy atom. The zero-order valence-corrected chi connectivity index (χ0v) is 17.8. The summed E-state index contributed by atoms with van der Waals surface area (Å²) in [5.74, 6) is 0. The third kappa shape index (κ3) is 2.63. The number of nitrogens with zero attached hydrogens (tertiary/aromatic N) is 4. The van der Waals surface area contributed by atoms with Gasteiger partial charge in [0, 0.05) is 30.2 Å². The van der Waals surface area contributed by atoms with Gasteiger partial charge in [-0.05, 0) is 55.3 Å². The van der Waals surface area contributed by atoms with Crippen LogP contribution in [0, 0.1) is 25.2 Å². The molecule has 0 aliphatic carbocycles. The van der Waals surface area contributed by atoms with Crippen LogP contribution in [0.2, 0.25) is 0 Å². The van der Waals surface area contributed by atoms with Gasteiger partial charge < -0.3 is 14.1 Å². The predicted molar refractivity (Wildman–Crippen MR) is 123 cm³/mol. The van der Waals surface area contributed by atoms with Crippen molar-refractivity contribution in [3.8, 4) is 6.07 Å². The molecule has 0 atom stereocenters. The van der Waals surface area contributed by atoms with Gasteiger partial charge in [-0.3, -0.25) is 9.20 Å². The molecule has 0 saturated carbocycles. The molecule has 0 unspecified atom stereocenters. The number of ether oxygens (including phenoxy) is 1. The highest BCUT2D eigenvalue weighted by molar-refractivity contribution is 6.02. The molecule has 7 nitrogen and oxygen atoms in total. The van der Waals surface area contributed by atoms with Crippen LogP contribution in [0.15, 0.2) is 45.6 Å². The lowest BCUT2D eigenvalue weighted by atomic mass is 10.1. The molecule has 0 radical (unpaired) electrons. The molecule has 32 heavy (non-hydrogen) atoms. The summed E-state index contributed by atoms with van der Waals surface area (Å²) in [6, 6.07) is 14.0. The van der Waals surface area contributed by atoms with Crippen molar-refractivity contribution >= 4 is 44.3 Å². The molecule has 4 heterocycles. The van der Waals surface area contributed by atoms with Gasteiger partial charge in [0.15, 0.2) is 16.8 Å². The van der Waals surface area contributed by atoms with E-state index in [1.807, 2.05) is 44.2 Å². The fourth-order valence-electron chi connectivity index (χ4n) is 4.51. The molecule has 6 rings (SSSR count). The van der Waals surface area contributed by atoms with Gasteiger partial charge in [0.25, 0.3) is 5.56 Å². The van der Waals surface area contributed by atoms with Crippen LogP contribution >= 0.6 is 0 Å². The number of morpholine rings is 1. The van der Waals surface area contributed by atoms with Gasteiger partial charge >= 0.3 is 0 Å². The monoisotopic (exact) mass is 424 g/mol. The number of fused-ring (bicyclic) bond motifs is 6. The summed E-state index contributed by atoms with van der Waals surface area (Å²) in [5, 5.41) is 11.4. The van der Waals surface area contributed by atoms with E-state index in [2.05, 4.69) is 17.0 Å². The molecule has 1 aliphatic heterocycles. The first-order valence-corrected chi connectivity index (χ1v) is 10.6. The minimum atomic E-state index is -0.409. The number of hydrogen-bond acceptors (Lipinski definition) is 6. The van der Waals surface area contributed by atoms with Gasteiger partial charge in [0.2, 0.25) is 0 Å². The maximum Gasteiger partial charge on any atom is 0.278 e. The highest BCUT2D eigenvalue weighted by atomic mass is 16.5. The van der Waals surface area contributed by atoms with Crippen LogP contribution < -0.4 is 10.5 Å². The van der Waals surface area contributed by atoms with Crippen LogP contribution in [0.1, 0.15) is 16.7 Å². The molecule has 0 N–H and O–H groups in total. The summed E-state index contributed by atoms with van der Waals surface area (Å²) >= 11 is 0. The number of imidazole rings is 1. The van der Waals surface area contributed by atoms with Crippen LogP contribution in [-0.4, -0.2) is 35.7 Å². The van der Waals surface area contributed by atoms with Gasteiger partial charge in [-0.25, -0.2) is 4.98 Å². The molecular formula is C25H20N4O3. The second-order valence-electron chi connectivity index (χ2n) is 8.30.